The Morgan fingerprint density at radius 1 is 1.44 bits per heavy atom. The molecule has 0 saturated carbocycles. The van der Waals surface area contributed by atoms with Crippen LogP contribution in [0.2, 0.25) is 0 Å². The molecule has 1 aliphatic rings. The van der Waals surface area contributed by atoms with E-state index in [1.807, 2.05) is 0 Å². The molecule has 1 fully saturated rings. The number of hydrogen-bond acceptors (Lipinski definition) is 3. The number of ether oxygens (including phenoxy) is 1. The van der Waals surface area contributed by atoms with Crippen LogP contribution in [0.25, 0.3) is 0 Å². The zero-order valence-electron chi connectivity index (χ0n) is 9.87. The van der Waals surface area contributed by atoms with E-state index in [-0.39, 0.29) is 6.10 Å². The molecule has 98 valence electrons. The van der Waals surface area contributed by atoms with Gasteiger partial charge in [0, 0.05) is 13.7 Å². The van der Waals surface area contributed by atoms with Gasteiger partial charge < -0.3 is 15.4 Å². The molecule has 2 unspecified atom stereocenters. The standard InChI is InChI=1S/C12H14F2N2O2/c1-18-7-5-10(15-6-7)12(17)16-11-8(13)3-2-4-9(11)14/h2-4,7,10,15H,5-6H2,1H3,(H,16,17). The number of methoxy groups -OCH3 is 1. The molecule has 0 radical (unpaired) electrons. The van der Waals surface area contributed by atoms with Crippen LogP contribution in [0, 0.1) is 11.6 Å². The van der Waals surface area contributed by atoms with E-state index in [0.29, 0.717) is 13.0 Å². The summed E-state index contributed by atoms with van der Waals surface area (Å²) < 4.78 is 31.8. The Bertz CT molecular complexity index is 433. The van der Waals surface area contributed by atoms with Gasteiger partial charge in [0.15, 0.2) is 0 Å². The number of para-hydroxylation sites is 1. The lowest BCUT2D eigenvalue weighted by Crippen LogP contribution is -2.35. The van der Waals surface area contributed by atoms with Gasteiger partial charge in [0.2, 0.25) is 5.91 Å². The maximum absolute atomic E-state index is 13.3. The summed E-state index contributed by atoms with van der Waals surface area (Å²) in [5, 5.41) is 5.19. The van der Waals surface area contributed by atoms with E-state index in [1.165, 1.54) is 6.07 Å². The highest BCUT2D eigenvalue weighted by molar-refractivity contribution is 5.95. The number of amides is 1. The molecule has 2 N–H and O–H groups in total. The quantitative estimate of drug-likeness (QED) is 0.856. The molecule has 1 aliphatic heterocycles. The van der Waals surface area contributed by atoms with Crippen molar-refractivity contribution < 1.29 is 18.3 Å². The van der Waals surface area contributed by atoms with E-state index < -0.39 is 29.3 Å². The molecule has 1 saturated heterocycles. The van der Waals surface area contributed by atoms with Crippen molar-refractivity contribution in [3.05, 3.63) is 29.8 Å². The maximum atomic E-state index is 13.3. The van der Waals surface area contributed by atoms with Crippen LogP contribution in [0.3, 0.4) is 0 Å². The van der Waals surface area contributed by atoms with Crippen LogP contribution in [0.4, 0.5) is 14.5 Å². The first kappa shape index (κ1) is 12.9. The van der Waals surface area contributed by atoms with Crippen LogP contribution in [0.1, 0.15) is 6.42 Å². The lowest BCUT2D eigenvalue weighted by molar-refractivity contribution is -0.118. The van der Waals surface area contributed by atoms with Crippen molar-refractivity contribution in [3.63, 3.8) is 0 Å². The summed E-state index contributed by atoms with van der Waals surface area (Å²) in [6.45, 7) is 0.550. The Morgan fingerprint density at radius 3 is 2.67 bits per heavy atom. The third-order valence-corrected chi connectivity index (χ3v) is 2.95. The van der Waals surface area contributed by atoms with Crippen molar-refractivity contribution in [3.8, 4) is 0 Å². The van der Waals surface area contributed by atoms with E-state index in [1.54, 1.807) is 7.11 Å². The predicted octanol–water partition coefficient (Wildman–Crippen LogP) is 1.28. The Morgan fingerprint density at radius 2 is 2.11 bits per heavy atom. The van der Waals surface area contributed by atoms with Gasteiger partial charge in [-0.3, -0.25) is 4.79 Å². The van der Waals surface area contributed by atoms with Gasteiger partial charge in [0.05, 0.1) is 12.1 Å². The highest BCUT2D eigenvalue weighted by atomic mass is 19.1. The van der Waals surface area contributed by atoms with Crippen molar-refractivity contribution in [1.29, 1.82) is 0 Å². The smallest absolute Gasteiger partial charge is 0.241 e. The first-order valence-electron chi connectivity index (χ1n) is 5.63. The topological polar surface area (TPSA) is 50.4 Å². The summed E-state index contributed by atoms with van der Waals surface area (Å²) in [6, 6.07) is 2.95. The molecule has 1 aromatic carbocycles. The number of halogens is 2. The molecule has 1 aromatic rings. The van der Waals surface area contributed by atoms with Crippen LogP contribution >= 0.6 is 0 Å². The van der Waals surface area contributed by atoms with E-state index in [0.717, 1.165) is 12.1 Å². The normalized spacial score (nSPS) is 23.1. The van der Waals surface area contributed by atoms with Crippen LogP contribution in [-0.4, -0.2) is 31.7 Å². The average Bonchev–Trinajstić information content (AvgIpc) is 2.82. The van der Waals surface area contributed by atoms with Crippen LogP contribution in [-0.2, 0) is 9.53 Å². The van der Waals surface area contributed by atoms with Gasteiger partial charge in [-0.25, -0.2) is 8.78 Å². The predicted molar refractivity (Wildman–Crippen MR) is 62.2 cm³/mol. The van der Waals surface area contributed by atoms with Gasteiger partial charge in [-0.1, -0.05) is 6.07 Å². The third-order valence-electron chi connectivity index (χ3n) is 2.95. The van der Waals surface area contributed by atoms with Crippen LogP contribution < -0.4 is 10.6 Å². The second-order valence-corrected chi connectivity index (χ2v) is 4.14. The highest BCUT2D eigenvalue weighted by Crippen LogP contribution is 2.19. The molecular weight excluding hydrogens is 242 g/mol. The fraction of sp³-hybridized carbons (Fsp3) is 0.417. The van der Waals surface area contributed by atoms with Crippen molar-refractivity contribution >= 4 is 11.6 Å². The van der Waals surface area contributed by atoms with Gasteiger partial charge in [-0.05, 0) is 18.6 Å². The summed E-state index contributed by atoms with van der Waals surface area (Å²) in [5.74, 6) is -2.03. The lowest BCUT2D eigenvalue weighted by Gasteiger charge is -2.12. The molecule has 1 amide bonds. The second kappa shape index (κ2) is 5.41. The number of carbonyl (C=O) groups excluding carboxylic acids is 1. The number of anilines is 1. The minimum Gasteiger partial charge on any atom is -0.380 e. The van der Waals surface area contributed by atoms with Gasteiger partial charge in [0.1, 0.15) is 17.3 Å². The second-order valence-electron chi connectivity index (χ2n) is 4.14. The first-order chi connectivity index (χ1) is 8.61. The number of hydrogen-bond donors (Lipinski definition) is 2. The Labute approximate surface area is 103 Å². The van der Waals surface area contributed by atoms with Gasteiger partial charge in [-0.2, -0.15) is 0 Å². The maximum Gasteiger partial charge on any atom is 0.241 e. The Hall–Kier alpha value is -1.53. The van der Waals surface area contributed by atoms with E-state index in [9.17, 15) is 13.6 Å². The summed E-state index contributed by atoms with van der Waals surface area (Å²) in [5.41, 5.74) is -0.412. The van der Waals surface area contributed by atoms with Gasteiger partial charge in [-0.15, -0.1) is 0 Å². The molecule has 18 heavy (non-hydrogen) atoms. The number of nitrogens with one attached hydrogen (secondary N) is 2. The fourth-order valence-corrected chi connectivity index (χ4v) is 1.91. The molecule has 6 heteroatoms. The highest BCUT2D eigenvalue weighted by Gasteiger charge is 2.30. The zero-order valence-corrected chi connectivity index (χ0v) is 9.87. The number of benzene rings is 1. The van der Waals surface area contributed by atoms with E-state index in [4.69, 9.17) is 4.74 Å². The number of carbonyl (C=O) groups is 1. The average molecular weight is 256 g/mol. The molecule has 4 nitrogen and oxygen atoms in total. The minimum atomic E-state index is -0.787. The monoisotopic (exact) mass is 256 g/mol. The molecule has 2 atom stereocenters. The van der Waals surface area contributed by atoms with E-state index in [2.05, 4.69) is 10.6 Å². The fourth-order valence-electron chi connectivity index (χ4n) is 1.91. The number of rotatable bonds is 3. The third kappa shape index (κ3) is 2.65. The van der Waals surface area contributed by atoms with Crippen LogP contribution in [0.15, 0.2) is 18.2 Å². The summed E-state index contributed by atoms with van der Waals surface area (Å²) in [7, 11) is 1.56. The van der Waals surface area contributed by atoms with Crippen molar-refractivity contribution in [1.82, 2.24) is 5.32 Å². The molecule has 0 bridgehead atoms. The zero-order chi connectivity index (χ0) is 13.1. The Balaban J connectivity index is 2.04. The Kier molecular flexibility index (Phi) is 3.88. The van der Waals surface area contributed by atoms with Crippen molar-refractivity contribution in [2.24, 2.45) is 0 Å². The van der Waals surface area contributed by atoms with Crippen molar-refractivity contribution in [2.45, 2.75) is 18.6 Å². The molecule has 1 heterocycles. The van der Waals surface area contributed by atoms with Gasteiger partial charge >= 0.3 is 0 Å². The minimum absolute atomic E-state index is 0.0498. The molecule has 0 aromatic heterocycles. The SMILES string of the molecule is COC1CNC(C(=O)Nc2c(F)cccc2F)C1. The lowest BCUT2D eigenvalue weighted by atomic mass is 10.2. The molecular formula is C12H14F2N2O2. The molecule has 0 spiro atoms. The van der Waals surface area contributed by atoms with E-state index >= 15 is 0 Å². The molecule has 0 aliphatic carbocycles. The summed E-state index contributed by atoms with van der Waals surface area (Å²) in [4.78, 5) is 11.8. The van der Waals surface area contributed by atoms with Gasteiger partial charge in [0.25, 0.3) is 0 Å². The van der Waals surface area contributed by atoms with Crippen LogP contribution in [0.5, 0.6) is 0 Å². The first-order valence-corrected chi connectivity index (χ1v) is 5.63. The molecule has 2 rings (SSSR count). The summed E-state index contributed by atoms with van der Waals surface area (Å²) in [6.07, 6.45) is 0.435. The van der Waals surface area contributed by atoms with Crippen molar-refractivity contribution in [2.75, 3.05) is 19.0 Å². The summed E-state index contributed by atoms with van der Waals surface area (Å²) >= 11 is 0. The largest absolute Gasteiger partial charge is 0.380 e.